The molecule has 0 saturated heterocycles. The largest absolute Gasteiger partial charge is 0.506 e. The minimum Gasteiger partial charge on any atom is -0.506 e. The lowest BCUT2D eigenvalue weighted by Gasteiger charge is -2.13. The van der Waals surface area contributed by atoms with E-state index in [0.717, 1.165) is 10.1 Å². The molecule has 0 aliphatic rings. The van der Waals surface area contributed by atoms with Crippen LogP contribution in [0.5, 0.6) is 5.75 Å². The highest BCUT2D eigenvalue weighted by Crippen LogP contribution is 2.40. The standard InChI is InChI=1S/C8H9N2O2PS2/c9-13(12,14)10-6-1-2-7(11)8-5(6)3-4-15-8/h1-4,11H,(H4,9,10,12,14). The lowest BCUT2D eigenvalue weighted by atomic mass is 10.2. The van der Waals surface area contributed by atoms with Crippen molar-refractivity contribution < 1.29 is 10.00 Å². The molecular formula is C8H9N2O2PS2. The molecule has 0 aliphatic carbocycles. The summed E-state index contributed by atoms with van der Waals surface area (Å²) < 4.78 is 0.753. The first-order valence-electron chi connectivity index (χ1n) is 4.06. The molecule has 2 aromatic rings. The first-order chi connectivity index (χ1) is 6.97. The average Bonchev–Trinajstić information content (AvgIpc) is 2.57. The quantitative estimate of drug-likeness (QED) is 0.492. The van der Waals surface area contributed by atoms with E-state index in [2.05, 4.69) is 5.09 Å². The highest BCUT2D eigenvalue weighted by molar-refractivity contribution is 8.11. The maximum absolute atomic E-state index is 9.55. The number of fused-ring (bicyclic) bond motifs is 1. The third-order valence-electron chi connectivity index (χ3n) is 1.88. The van der Waals surface area contributed by atoms with Gasteiger partial charge in [-0.15, -0.1) is 11.3 Å². The van der Waals surface area contributed by atoms with Crippen LogP contribution in [0.3, 0.4) is 0 Å². The molecule has 0 amide bonds. The zero-order valence-electron chi connectivity index (χ0n) is 7.54. The Bertz CT molecular complexity index is 549. The second kappa shape index (κ2) is 3.73. The Morgan fingerprint density at radius 3 is 2.80 bits per heavy atom. The zero-order valence-corrected chi connectivity index (χ0v) is 10.1. The number of hydrogen-bond acceptors (Lipinski definition) is 3. The number of phenols is 1. The van der Waals surface area contributed by atoms with Crippen LogP contribution in [0.2, 0.25) is 0 Å². The number of thiophene rings is 1. The lowest BCUT2D eigenvalue weighted by Crippen LogP contribution is -2.03. The van der Waals surface area contributed by atoms with Gasteiger partial charge in [-0.25, -0.2) is 0 Å². The molecule has 1 aromatic carbocycles. The fraction of sp³-hybridized carbons (Fsp3) is 0. The summed E-state index contributed by atoms with van der Waals surface area (Å²) in [6.07, 6.45) is 0. The molecule has 2 rings (SSSR count). The molecule has 0 fully saturated rings. The Hall–Kier alpha value is -0.650. The van der Waals surface area contributed by atoms with Gasteiger partial charge in [-0.1, -0.05) is 0 Å². The lowest BCUT2D eigenvalue weighted by molar-refractivity contribution is 0.482. The van der Waals surface area contributed by atoms with Gasteiger partial charge in [0.15, 0.2) is 0 Å². The molecular weight excluding hydrogens is 251 g/mol. The van der Waals surface area contributed by atoms with Crippen molar-refractivity contribution in [3.63, 3.8) is 0 Å². The smallest absolute Gasteiger partial charge is 0.218 e. The van der Waals surface area contributed by atoms with Crippen LogP contribution < -0.4 is 10.6 Å². The summed E-state index contributed by atoms with van der Waals surface area (Å²) in [6, 6.07) is 5.04. The van der Waals surface area contributed by atoms with E-state index in [4.69, 9.17) is 17.3 Å². The molecule has 0 spiro atoms. The first kappa shape index (κ1) is 10.9. The predicted octanol–water partition coefficient (Wildman–Crippen LogP) is 2.19. The summed E-state index contributed by atoms with van der Waals surface area (Å²) in [5.74, 6) is 0.216. The van der Waals surface area contributed by atoms with Gasteiger partial charge in [-0.3, -0.25) is 5.50 Å². The minimum atomic E-state index is -2.98. The van der Waals surface area contributed by atoms with Crippen molar-refractivity contribution in [2.45, 2.75) is 0 Å². The van der Waals surface area contributed by atoms with Gasteiger partial charge in [0.2, 0.25) is 6.57 Å². The van der Waals surface area contributed by atoms with E-state index in [1.54, 1.807) is 12.1 Å². The van der Waals surface area contributed by atoms with Crippen LogP contribution in [0.25, 0.3) is 10.1 Å². The van der Waals surface area contributed by atoms with Gasteiger partial charge in [0.1, 0.15) is 5.75 Å². The molecule has 1 atom stereocenters. The van der Waals surface area contributed by atoms with Gasteiger partial charge < -0.3 is 15.1 Å². The third kappa shape index (κ3) is 2.30. The van der Waals surface area contributed by atoms with E-state index in [0.29, 0.717) is 5.69 Å². The van der Waals surface area contributed by atoms with Crippen LogP contribution in [0.4, 0.5) is 5.69 Å². The number of nitrogens with two attached hydrogens (primary N) is 1. The fourth-order valence-electron chi connectivity index (χ4n) is 1.32. The summed E-state index contributed by atoms with van der Waals surface area (Å²) in [5.41, 5.74) is 6.03. The summed E-state index contributed by atoms with van der Waals surface area (Å²) in [7, 11) is 0. The maximum atomic E-state index is 9.55. The summed E-state index contributed by atoms with van der Waals surface area (Å²) in [6.45, 7) is -2.98. The van der Waals surface area contributed by atoms with Crippen molar-refractivity contribution in [3.05, 3.63) is 23.6 Å². The third-order valence-corrected chi connectivity index (χ3v) is 3.65. The summed E-state index contributed by atoms with van der Waals surface area (Å²) >= 11 is 6.13. The van der Waals surface area contributed by atoms with Crippen molar-refractivity contribution in [1.82, 2.24) is 0 Å². The van der Waals surface area contributed by atoms with E-state index in [-0.39, 0.29) is 5.75 Å². The molecule has 7 heteroatoms. The molecule has 1 heterocycles. The van der Waals surface area contributed by atoms with Crippen LogP contribution in [0.15, 0.2) is 23.6 Å². The second-order valence-electron chi connectivity index (χ2n) is 3.03. The number of phenolic OH excluding ortho intramolecular Hbond substituents is 1. The van der Waals surface area contributed by atoms with Crippen LogP contribution in [-0.2, 0) is 11.8 Å². The molecule has 1 aromatic heterocycles. The molecule has 4 nitrogen and oxygen atoms in total. The van der Waals surface area contributed by atoms with Gasteiger partial charge >= 0.3 is 0 Å². The van der Waals surface area contributed by atoms with Gasteiger partial charge in [-0.05, 0) is 35.4 Å². The predicted molar refractivity (Wildman–Crippen MR) is 67.8 cm³/mol. The Labute approximate surface area is 95.6 Å². The maximum Gasteiger partial charge on any atom is 0.218 e. The second-order valence-corrected chi connectivity index (χ2v) is 7.09. The first-order valence-corrected chi connectivity index (χ1v) is 7.76. The number of nitrogens with one attached hydrogen (secondary N) is 1. The molecule has 0 bridgehead atoms. The Kier molecular flexibility index (Phi) is 2.70. The molecule has 80 valence electrons. The summed E-state index contributed by atoms with van der Waals surface area (Å²) in [5, 5.41) is 14.9. The molecule has 1 unspecified atom stereocenters. The topological polar surface area (TPSA) is 78.5 Å². The monoisotopic (exact) mass is 260 g/mol. The average molecular weight is 260 g/mol. The van der Waals surface area contributed by atoms with Gasteiger partial charge in [-0.2, -0.15) is 0 Å². The molecule has 0 radical (unpaired) electrons. The van der Waals surface area contributed by atoms with Gasteiger partial charge in [0, 0.05) is 11.1 Å². The highest BCUT2D eigenvalue weighted by Gasteiger charge is 2.10. The normalized spacial score (nSPS) is 15.1. The van der Waals surface area contributed by atoms with Crippen LogP contribution in [0.1, 0.15) is 0 Å². The number of rotatable bonds is 2. The SMILES string of the molecule is NP(O)(=S)Nc1ccc(O)c2sccc12. The van der Waals surface area contributed by atoms with E-state index in [1.807, 2.05) is 11.4 Å². The fourth-order valence-corrected chi connectivity index (χ4v) is 2.99. The van der Waals surface area contributed by atoms with Crippen LogP contribution in [0, 0.1) is 0 Å². The van der Waals surface area contributed by atoms with Crippen molar-refractivity contribution in [2.24, 2.45) is 5.50 Å². The van der Waals surface area contributed by atoms with Crippen molar-refractivity contribution in [1.29, 1.82) is 0 Å². The minimum absolute atomic E-state index is 0.216. The number of anilines is 1. The van der Waals surface area contributed by atoms with Crippen molar-refractivity contribution >= 4 is 45.5 Å². The van der Waals surface area contributed by atoms with Crippen LogP contribution in [-0.4, -0.2) is 10.00 Å². The highest BCUT2D eigenvalue weighted by atomic mass is 32.4. The van der Waals surface area contributed by atoms with E-state index in [1.165, 1.54) is 11.3 Å². The Morgan fingerprint density at radius 2 is 2.13 bits per heavy atom. The Balaban J connectivity index is 2.58. The van der Waals surface area contributed by atoms with E-state index >= 15 is 0 Å². The van der Waals surface area contributed by atoms with Gasteiger partial charge in [0.05, 0.1) is 4.70 Å². The molecule has 15 heavy (non-hydrogen) atoms. The number of aromatic hydroxyl groups is 1. The number of hydrogen-bond donors (Lipinski definition) is 4. The Morgan fingerprint density at radius 1 is 1.40 bits per heavy atom. The van der Waals surface area contributed by atoms with Gasteiger partial charge in [0.25, 0.3) is 0 Å². The van der Waals surface area contributed by atoms with Crippen LogP contribution >= 0.6 is 17.9 Å². The molecule has 0 aliphatic heterocycles. The summed E-state index contributed by atoms with van der Waals surface area (Å²) in [4.78, 5) is 9.37. The molecule has 0 saturated carbocycles. The van der Waals surface area contributed by atoms with Crippen molar-refractivity contribution in [2.75, 3.05) is 5.09 Å². The number of benzene rings is 1. The zero-order chi connectivity index (χ0) is 11.1. The van der Waals surface area contributed by atoms with E-state index in [9.17, 15) is 10.00 Å². The van der Waals surface area contributed by atoms with Crippen molar-refractivity contribution in [3.8, 4) is 5.75 Å². The molecule has 5 N–H and O–H groups in total. The van der Waals surface area contributed by atoms with E-state index < -0.39 is 6.57 Å².